The molecule has 7 heteroatoms. The van der Waals surface area contributed by atoms with Gasteiger partial charge in [-0.1, -0.05) is 25.4 Å². The number of nitrogens with zero attached hydrogens (tertiary/aromatic N) is 1. The fourth-order valence-electron chi connectivity index (χ4n) is 2.31. The number of sulfonamides is 1. The van der Waals surface area contributed by atoms with Crippen molar-refractivity contribution >= 4 is 33.4 Å². The van der Waals surface area contributed by atoms with E-state index in [-0.39, 0.29) is 22.0 Å². The SMILES string of the molecule is CC1CN(S(=O)(=O)c2ccc(Cl)c(CO)c2)CC(C)S1. The maximum atomic E-state index is 12.6. The summed E-state index contributed by atoms with van der Waals surface area (Å²) in [7, 11) is -3.53. The predicted octanol–water partition coefficient (Wildman–Crippen LogP) is 2.35. The van der Waals surface area contributed by atoms with Crippen LogP contribution in [-0.2, 0) is 16.6 Å². The van der Waals surface area contributed by atoms with Crippen molar-refractivity contribution in [1.29, 1.82) is 0 Å². The fraction of sp³-hybridized carbons (Fsp3) is 0.538. The lowest BCUT2D eigenvalue weighted by Gasteiger charge is -2.33. The highest BCUT2D eigenvalue weighted by Crippen LogP contribution is 2.30. The zero-order valence-corrected chi connectivity index (χ0v) is 13.8. The van der Waals surface area contributed by atoms with Crippen LogP contribution in [0.2, 0.25) is 5.02 Å². The summed E-state index contributed by atoms with van der Waals surface area (Å²) in [6, 6.07) is 4.47. The van der Waals surface area contributed by atoms with E-state index < -0.39 is 10.0 Å². The van der Waals surface area contributed by atoms with E-state index in [9.17, 15) is 13.5 Å². The minimum absolute atomic E-state index is 0.192. The highest BCUT2D eigenvalue weighted by Gasteiger charge is 2.32. The van der Waals surface area contributed by atoms with E-state index in [0.717, 1.165) is 0 Å². The number of rotatable bonds is 3. The third kappa shape index (κ3) is 3.31. The van der Waals surface area contributed by atoms with E-state index in [2.05, 4.69) is 0 Å². The van der Waals surface area contributed by atoms with Gasteiger partial charge < -0.3 is 5.11 Å². The molecular weight excluding hydrogens is 318 g/mol. The van der Waals surface area contributed by atoms with Gasteiger partial charge in [-0.3, -0.25) is 0 Å². The van der Waals surface area contributed by atoms with Crippen molar-refractivity contribution in [2.75, 3.05) is 13.1 Å². The van der Waals surface area contributed by atoms with E-state index in [1.54, 1.807) is 11.8 Å². The second-order valence-electron chi connectivity index (χ2n) is 4.99. The standard InChI is InChI=1S/C13H18ClNO3S2/c1-9-6-15(7-10(2)19-9)20(17,18)12-3-4-13(14)11(5-12)8-16/h3-5,9-10,16H,6-8H2,1-2H3. The molecule has 1 aromatic rings. The van der Waals surface area contributed by atoms with Crippen molar-refractivity contribution < 1.29 is 13.5 Å². The van der Waals surface area contributed by atoms with Gasteiger partial charge in [0.25, 0.3) is 0 Å². The molecule has 0 aromatic heterocycles. The van der Waals surface area contributed by atoms with Gasteiger partial charge in [0.15, 0.2) is 0 Å². The summed E-state index contributed by atoms with van der Waals surface area (Å²) >= 11 is 7.71. The topological polar surface area (TPSA) is 57.6 Å². The van der Waals surface area contributed by atoms with Gasteiger partial charge in [0.2, 0.25) is 10.0 Å². The number of aliphatic hydroxyl groups excluding tert-OH is 1. The van der Waals surface area contributed by atoms with Crippen LogP contribution in [0.3, 0.4) is 0 Å². The van der Waals surface area contributed by atoms with Crippen molar-refractivity contribution in [2.24, 2.45) is 0 Å². The van der Waals surface area contributed by atoms with Crippen LogP contribution in [0.5, 0.6) is 0 Å². The van der Waals surface area contributed by atoms with E-state index in [0.29, 0.717) is 23.7 Å². The van der Waals surface area contributed by atoms with Crippen LogP contribution in [-0.4, -0.2) is 41.4 Å². The van der Waals surface area contributed by atoms with Crippen molar-refractivity contribution in [3.8, 4) is 0 Å². The van der Waals surface area contributed by atoms with Crippen LogP contribution in [0.15, 0.2) is 23.1 Å². The molecular formula is C13H18ClNO3S2. The molecule has 1 fully saturated rings. The molecule has 0 spiro atoms. The fourth-order valence-corrected chi connectivity index (χ4v) is 5.67. The molecule has 20 heavy (non-hydrogen) atoms. The lowest BCUT2D eigenvalue weighted by Crippen LogP contribution is -2.43. The van der Waals surface area contributed by atoms with E-state index in [4.69, 9.17) is 11.6 Å². The quantitative estimate of drug-likeness (QED) is 0.921. The van der Waals surface area contributed by atoms with E-state index in [1.807, 2.05) is 13.8 Å². The Morgan fingerprint density at radius 3 is 2.50 bits per heavy atom. The zero-order valence-electron chi connectivity index (χ0n) is 11.4. The lowest BCUT2D eigenvalue weighted by atomic mass is 10.2. The summed E-state index contributed by atoms with van der Waals surface area (Å²) in [6.45, 7) is 4.81. The second kappa shape index (κ2) is 6.23. The average molecular weight is 336 g/mol. The summed E-state index contributed by atoms with van der Waals surface area (Å²) in [6.07, 6.45) is 0. The number of thioether (sulfide) groups is 1. The van der Waals surface area contributed by atoms with Crippen LogP contribution in [0.4, 0.5) is 0 Å². The molecule has 4 nitrogen and oxygen atoms in total. The first-order valence-electron chi connectivity index (χ1n) is 6.39. The summed E-state index contributed by atoms with van der Waals surface area (Å²) in [5, 5.41) is 10.1. The molecule has 1 aliphatic rings. The summed E-state index contributed by atoms with van der Waals surface area (Å²) in [4.78, 5) is 0.192. The Morgan fingerprint density at radius 1 is 1.35 bits per heavy atom. The number of hydrogen-bond donors (Lipinski definition) is 1. The molecule has 2 atom stereocenters. The Balaban J connectivity index is 2.34. The molecule has 1 saturated heterocycles. The smallest absolute Gasteiger partial charge is 0.243 e. The predicted molar refractivity (Wildman–Crippen MR) is 82.6 cm³/mol. The molecule has 1 aromatic carbocycles. The molecule has 1 aliphatic heterocycles. The van der Waals surface area contributed by atoms with Crippen LogP contribution in [0.25, 0.3) is 0 Å². The summed E-state index contributed by atoms with van der Waals surface area (Å²) < 4.78 is 26.8. The number of halogens is 1. The summed E-state index contributed by atoms with van der Waals surface area (Å²) in [5.41, 5.74) is 0.431. The van der Waals surface area contributed by atoms with E-state index in [1.165, 1.54) is 22.5 Å². The van der Waals surface area contributed by atoms with Gasteiger partial charge in [0.05, 0.1) is 11.5 Å². The lowest BCUT2D eigenvalue weighted by molar-refractivity contribution is 0.281. The van der Waals surface area contributed by atoms with Gasteiger partial charge in [-0.2, -0.15) is 16.1 Å². The normalized spacial score (nSPS) is 24.8. The minimum atomic E-state index is -3.53. The second-order valence-corrected chi connectivity index (χ2v) is 9.22. The van der Waals surface area contributed by atoms with Crippen LogP contribution < -0.4 is 0 Å². The van der Waals surface area contributed by atoms with Crippen LogP contribution in [0, 0.1) is 0 Å². The van der Waals surface area contributed by atoms with Gasteiger partial charge >= 0.3 is 0 Å². The third-order valence-corrected chi connectivity index (χ3v) is 6.64. The van der Waals surface area contributed by atoms with Gasteiger partial charge in [0.1, 0.15) is 0 Å². The van der Waals surface area contributed by atoms with Gasteiger partial charge in [-0.05, 0) is 23.8 Å². The molecule has 112 valence electrons. The maximum absolute atomic E-state index is 12.6. The molecule has 1 N–H and O–H groups in total. The van der Waals surface area contributed by atoms with Gasteiger partial charge in [-0.25, -0.2) is 8.42 Å². The molecule has 1 heterocycles. The van der Waals surface area contributed by atoms with E-state index >= 15 is 0 Å². The largest absolute Gasteiger partial charge is 0.392 e. The molecule has 2 rings (SSSR count). The van der Waals surface area contributed by atoms with Crippen LogP contribution in [0.1, 0.15) is 19.4 Å². The van der Waals surface area contributed by atoms with Crippen molar-refractivity contribution in [3.05, 3.63) is 28.8 Å². The molecule has 0 aliphatic carbocycles. The molecule has 0 bridgehead atoms. The monoisotopic (exact) mass is 335 g/mol. The first-order valence-corrected chi connectivity index (χ1v) is 9.15. The molecule has 0 radical (unpaired) electrons. The van der Waals surface area contributed by atoms with Gasteiger partial charge in [-0.15, -0.1) is 0 Å². The van der Waals surface area contributed by atoms with Crippen molar-refractivity contribution in [1.82, 2.24) is 4.31 Å². The summed E-state index contributed by atoms with van der Waals surface area (Å²) in [5.74, 6) is 0. The van der Waals surface area contributed by atoms with Gasteiger partial charge in [0, 0.05) is 28.6 Å². The first kappa shape index (κ1) is 16.1. The molecule has 2 unspecified atom stereocenters. The Kier molecular flexibility index (Phi) is 5.02. The average Bonchev–Trinajstić information content (AvgIpc) is 2.37. The van der Waals surface area contributed by atoms with Crippen molar-refractivity contribution in [3.63, 3.8) is 0 Å². The minimum Gasteiger partial charge on any atom is -0.392 e. The number of benzene rings is 1. The third-order valence-electron chi connectivity index (χ3n) is 3.21. The van der Waals surface area contributed by atoms with Crippen LogP contribution >= 0.6 is 23.4 Å². The molecule has 0 amide bonds. The first-order chi connectivity index (χ1) is 9.34. The zero-order chi connectivity index (χ0) is 14.9. The maximum Gasteiger partial charge on any atom is 0.243 e. The number of aliphatic hydroxyl groups is 1. The highest BCUT2D eigenvalue weighted by molar-refractivity contribution is 8.00. The Hall–Kier alpha value is -0.270. The Bertz CT molecular complexity index is 581. The highest BCUT2D eigenvalue weighted by atomic mass is 35.5. The Labute approximate surface area is 129 Å². The Morgan fingerprint density at radius 2 is 1.95 bits per heavy atom. The van der Waals surface area contributed by atoms with Crippen molar-refractivity contribution in [2.45, 2.75) is 35.8 Å². The molecule has 0 saturated carbocycles. The number of hydrogen-bond acceptors (Lipinski definition) is 4.